The molecule has 1 aliphatic heterocycles. The Bertz CT molecular complexity index is 644. The van der Waals surface area contributed by atoms with E-state index in [1.165, 1.54) is 11.1 Å². The molecule has 24 heavy (non-hydrogen) atoms. The van der Waals surface area contributed by atoms with Gasteiger partial charge in [-0.05, 0) is 36.8 Å². The number of nitrogens with zero attached hydrogens (tertiary/aromatic N) is 2. The molecule has 1 heterocycles. The highest BCUT2D eigenvalue weighted by atomic mass is 32.1. The lowest BCUT2D eigenvalue weighted by atomic mass is 10.0. The van der Waals surface area contributed by atoms with Crippen molar-refractivity contribution >= 4 is 17.3 Å². The van der Waals surface area contributed by atoms with Gasteiger partial charge in [-0.1, -0.05) is 60.7 Å². The Morgan fingerprint density at radius 1 is 1.04 bits per heavy atom. The molecule has 1 fully saturated rings. The summed E-state index contributed by atoms with van der Waals surface area (Å²) >= 11 is 5.70. The van der Waals surface area contributed by atoms with Gasteiger partial charge in [-0.15, -0.1) is 0 Å². The minimum absolute atomic E-state index is 0.321. The molecule has 3 nitrogen and oxygen atoms in total. The summed E-state index contributed by atoms with van der Waals surface area (Å²) in [6.45, 7) is 3.89. The molecule has 2 aromatic rings. The van der Waals surface area contributed by atoms with Gasteiger partial charge in [0, 0.05) is 26.2 Å². The molecule has 0 aromatic heterocycles. The third-order valence-corrected chi connectivity index (χ3v) is 4.94. The van der Waals surface area contributed by atoms with Crippen LogP contribution in [0.3, 0.4) is 0 Å². The van der Waals surface area contributed by atoms with E-state index in [1.807, 2.05) is 0 Å². The Morgan fingerprint density at radius 3 is 2.42 bits per heavy atom. The largest absolute Gasteiger partial charge is 0.362 e. The normalized spacial score (nSPS) is 18.4. The van der Waals surface area contributed by atoms with Crippen molar-refractivity contribution in [3.8, 4) is 0 Å². The van der Waals surface area contributed by atoms with Gasteiger partial charge in [0.05, 0.1) is 6.04 Å². The van der Waals surface area contributed by atoms with Crippen molar-refractivity contribution in [1.29, 1.82) is 0 Å². The molecule has 1 saturated heterocycles. The van der Waals surface area contributed by atoms with Gasteiger partial charge in [-0.25, -0.2) is 0 Å². The second kappa shape index (κ2) is 8.27. The number of hydrogen-bond acceptors (Lipinski definition) is 2. The lowest BCUT2D eigenvalue weighted by molar-refractivity contribution is 0.150. The molecule has 0 bridgehead atoms. The maximum atomic E-state index is 5.70. The molecule has 3 rings (SSSR count). The van der Waals surface area contributed by atoms with Gasteiger partial charge < -0.3 is 15.1 Å². The summed E-state index contributed by atoms with van der Waals surface area (Å²) in [5.74, 6) is 0. The van der Waals surface area contributed by atoms with Crippen LogP contribution in [0.1, 0.15) is 17.2 Å². The molecule has 1 unspecified atom stereocenters. The number of thiocarbonyl (C=S) groups is 1. The highest BCUT2D eigenvalue weighted by molar-refractivity contribution is 7.80. The van der Waals surface area contributed by atoms with E-state index in [-0.39, 0.29) is 0 Å². The van der Waals surface area contributed by atoms with Crippen molar-refractivity contribution in [3.05, 3.63) is 71.8 Å². The number of rotatable bonds is 4. The van der Waals surface area contributed by atoms with Gasteiger partial charge in [-0.3, -0.25) is 0 Å². The first-order chi connectivity index (χ1) is 11.7. The highest BCUT2D eigenvalue weighted by Crippen LogP contribution is 2.24. The molecule has 0 saturated carbocycles. The van der Waals surface area contributed by atoms with Crippen LogP contribution >= 0.6 is 12.2 Å². The number of piperazine rings is 1. The Hall–Kier alpha value is -1.91. The summed E-state index contributed by atoms with van der Waals surface area (Å²) in [6.07, 6.45) is 0.991. The van der Waals surface area contributed by atoms with Gasteiger partial charge in [0.2, 0.25) is 0 Å². The predicted octanol–water partition coefficient (Wildman–Crippen LogP) is 3.09. The fraction of sp³-hybridized carbons (Fsp3) is 0.350. The molecule has 4 heteroatoms. The molecular weight excluding hydrogens is 314 g/mol. The van der Waals surface area contributed by atoms with Gasteiger partial charge in [0.15, 0.2) is 5.11 Å². The van der Waals surface area contributed by atoms with Crippen LogP contribution in [-0.2, 0) is 6.42 Å². The maximum absolute atomic E-state index is 5.70. The third-order valence-electron chi connectivity index (χ3n) is 4.56. The first kappa shape index (κ1) is 16.9. The van der Waals surface area contributed by atoms with Crippen LogP contribution in [-0.4, -0.2) is 48.1 Å². The molecule has 1 atom stereocenters. The van der Waals surface area contributed by atoms with E-state index in [9.17, 15) is 0 Å². The first-order valence-corrected chi connectivity index (χ1v) is 8.97. The minimum atomic E-state index is 0.321. The van der Waals surface area contributed by atoms with E-state index >= 15 is 0 Å². The molecule has 0 aliphatic carbocycles. The molecule has 1 aliphatic rings. The van der Waals surface area contributed by atoms with Crippen molar-refractivity contribution in [1.82, 2.24) is 15.1 Å². The van der Waals surface area contributed by atoms with E-state index in [1.54, 1.807) is 0 Å². The van der Waals surface area contributed by atoms with Gasteiger partial charge in [0.25, 0.3) is 0 Å². The lowest BCUT2D eigenvalue weighted by Crippen LogP contribution is -2.52. The zero-order valence-corrected chi connectivity index (χ0v) is 15.0. The summed E-state index contributed by atoms with van der Waals surface area (Å²) in [5.41, 5.74) is 2.67. The second-order valence-corrected chi connectivity index (χ2v) is 6.74. The van der Waals surface area contributed by atoms with Crippen LogP contribution < -0.4 is 5.32 Å². The van der Waals surface area contributed by atoms with Gasteiger partial charge in [0.1, 0.15) is 0 Å². The fourth-order valence-electron chi connectivity index (χ4n) is 3.18. The quantitative estimate of drug-likeness (QED) is 0.863. The lowest BCUT2D eigenvalue weighted by Gasteiger charge is -2.41. The Kier molecular flexibility index (Phi) is 5.83. The monoisotopic (exact) mass is 339 g/mol. The summed E-state index contributed by atoms with van der Waals surface area (Å²) in [4.78, 5) is 4.72. The van der Waals surface area contributed by atoms with Crippen molar-refractivity contribution < 1.29 is 0 Å². The minimum Gasteiger partial charge on any atom is -0.362 e. The van der Waals surface area contributed by atoms with Crippen LogP contribution in [0.5, 0.6) is 0 Å². The average Bonchev–Trinajstić information content (AvgIpc) is 2.63. The first-order valence-electron chi connectivity index (χ1n) is 8.56. The van der Waals surface area contributed by atoms with E-state index in [4.69, 9.17) is 12.2 Å². The number of hydrogen-bond donors (Lipinski definition) is 1. The molecule has 0 spiro atoms. The zero-order valence-electron chi connectivity index (χ0n) is 14.2. The van der Waals surface area contributed by atoms with Crippen molar-refractivity contribution in [2.24, 2.45) is 0 Å². The van der Waals surface area contributed by atoms with Crippen LogP contribution in [0.15, 0.2) is 60.7 Å². The standard InChI is InChI=1S/C20H25N3S/c1-22-14-15-23(19(16-22)18-10-6-3-7-11-18)20(24)21-13-12-17-8-4-2-5-9-17/h2-11,19H,12-16H2,1H3,(H,21,24). The molecular formula is C20H25N3S. The average molecular weight is 340 g/mol. The van der Waals surface area contributed by atoms with Crippen molar-refractivity contribution in [3.63, 3.8) is 0 Å². The molecule has 0 radical (unpaired) electrons. The molecule has 0 amide bonds. The Balaban J connectivity index is 1.61. The van der Waals surface area contributed by atoms with Gasteiger partial charge >= 0.3 is 0 Å². The summed E-state index contributed by atoms with van der Waals surface area (Å²) in [6, 6.07) is 21.5. The Labute approximate surface area is 150 Å². The highest BCUT2D eigenvalue weighted by Gasteiger charge is 2.28. The number of nitrogens with one attached hydrogen (secondary N) is 1. The fourth-order valence-corrected chi connectivity index (χ4v) is 3.50. The molecule has 1 N–H and O–H groups in total. The van der Waals surface area contributed by atoms with E-state index in [0.717, 1.165) is 37.7 Å². The number of likely N-dealkylation sites (N-methyl/N-ethyl adjacent to an activating group) is 1. The zero-order chi connectivity index (χ0) is 16.8. The number of benzene rings is 2. The van der Waals surface area contributed by atoms with Crippen LogP contribution in [0.25, 0.3) is 0 Å². The smallest absolute Gasteiger partial charge is 0.169 e. The van der Waals surface area contributed by atoms with Crippen LogP contribution in [0, 0.1) is 0 Å². The predicted molar refractivity (Wildman–Crippen MR) is 104 cm³/mol. The van der Waals surface area contributed by atoms with Crippen LogP contribution in [0.4, 0.5) is 0 Å². The maximum Gasteiger partial charge on any atom is 0.169 e. The van der Waals surface area contributed by atoms with E-state index < -0.39 is 0 Å². The summed E-state index contributed by atoms with van der Waals surface area (Å²) < 4.78 is 0. The second-order valence-electron chi connectivity index (χ2n) is 6.35. The third kappa shape index (κ3) is 4.34. The molecule has 126 valence electrons. The molecule has 2 aromatic carbocycles. The van der Waals surface area contributed by atoms with E-state index in [0.29, 0.717) is 6.04 Å². The SMILES string of the molecule is CN1CCN(C(=S)NCCc2ccccc2)C(c2ccccc2)C1. The Morgan fingerprint density at radius 2 is 1.71 bits per heavy atom. The van der Waals surface area contributed by atoms with Crippen molar-refractivity contribution in [2.45, 2.75) is 12.5 Å². The van der Waals surface area contributed by atoms with Crippen LogP contribution in [0.2, 0.25) is 0 Å². The van der Waals surface area contributed by atoms with E-state index in [2.05, 4.69) is 82.8 Å². The van der Waals surface area contributed by atoms with Crippen molar-refractivity contribution in [2.75, 3.05) is 33.2 Å². The van der Waals surface area contributed by atoms with Gasteiger partial charge in [-0.2, -0.15) is 0 Å². The summed E-state index contributed by atoms with van der Waals surface area (Å²) in [5, 5.41) is 4.32. The topological polar surface area (TPSA) is 18.5 Å². The summed E-state index contributed by atoms with van der Waals surface area (Å²) in [7, 11) is 2.18.